The van der Waals surface area contributed by atoms with Crippen molar-refractivity contribution in [3.8, 4) is 6.07 Å². The molecule has 0 fully saturated rings. The number of aryl methyl sites for hydroxylation is 1. The van der Waals surface area contributed by atoms with E-state index in [2.05, 4.69) is 16.3 Å². The van der Waals surface area contributed by atoms with E-state index < -0.39 is 0 Å². The van der Waals surface area contributed by atoms with Gasteiger partial charge in [0.15, 0.2) is 5.65 Å². The van der Waals surface area contributed by atoms with Crippen molar-refractivity contribution in [1.29, 1.82) is 5.26 Å². The topological polar surface area (TPSA) is 54.0 Å². The normalized spacial score (nSPS) is 10.0. The van der Waals surface area contributed by atoms with Crippen LogP contribution in [0.4, 0.5) is 0 Å². The third kappa shape index (κ3) is 0.768. The largest absolute Gasteiger partial charge is 0.270 e. The molecule has 0 atom stereocenters. The van der Waals surface area contributed by atoms with Crippen molar-refractivity contribution in [2.24, 2.45) is 0 Å². The van der Waals surface area contributed by atoms with E-state index in [0.717, 1.165) is 5.82 Å². The van der Waals surface area contributed by atoms with Crippen LogP contribution in [0.25, 0.3) is 5.65 Å². The fourth-order valence-electron chi connectivity index (χ4n) is 1.17. The van der Waals surface area contributed by atoms with Gasteiger partial charge in [-0.3, -0.25) is 4.40 Å². The zero-order valence-corrected chi connectivity index (χ0v) is 6.52. The molecule has 58 valence electrons. The molecule has 4 nitrogen and oxygen atoms in total. The van der Waals surface area contributed by atoms with Gasteiger partial charge in [0.05, 0.1) is 0 Å². The highest BCUT2D eigenvalue weighted by Crippen LogP contribution is 2.05. The van der Waals surface area contributed by atoms with Crippen LogP contribution in [0.3, 0.4) is 0 Å². The fraction of sp³-hybridized carbons (Fsp3) is 0.125. The van der Waals surface area contributed by atoms with Crippen LogP contribution < -0.4 is 0 Å². The third-order valence-electron chi connectivity index (χ3n) is 1.70. The SMILES string of the molecule is Cc1nnc2cccc(C#N)n12. The highest BCUT2D eigenvalue weighted by atomic mass is 15.2. The Bertz CT molecular complexity index is 463. The van der Waals surface area contributed by atoms with Gasteiger partial charge < -0.3 is 0 Å². The molecule has 0 radical (unpaired) electrons. The summed E-state index contributed by atoms with van der Waals surface area (Å²) < 4.78 is 1.72. The van der Waals surface area contributed by atoms with E-state index in [1.165, 1.54) is 0 Å². The molecule has 2 aromatic rings. The van der Waals surface area contributed by atoms with Gasteiger partial charge in [-0.15, -0.1) is 10.2 Å². The first-order valence-corrected chi connectivity index (χ1v) is 3.54. The molecule has 4 heteroatoms. The van der Waals surface area contributed by atoms with Gasteiger partial charge in [0.25, 0.3) is 0 Å². The molecule has 12 heavy (non-hydrogen) atoms. The molecule has 0 spiro atoms. The molecule has 0 aliphatic rings. The van der Waals surface area contributed by atoms with Crippen LogP contribution in [0, 0.1) is 18.3 Å². The summed E-state index contributed by atoms with van der Waals surface area (Å²) >= 11 is 0. The van der Waals surface area contributed by atoms with E-state index in [1.54, 1.807) is 16.5 Å². The Kier molecular flexibility index (Phi) is 1.31. The zero-order valence-electron chi connectivity index (χ0n) is 6.52. The zero-order chi connectivity index (χ0) is 8.55. The molecular weight excluding hydrogens is 152 g/mol. The van der Waals surface area contributed by atoms with Crippen LogP contribution in [0.15, 0.2) is 18.2 Å². The predicted octanol–water partition coefficient (Wildman–Crippen LogP) is 0.909. The second-order valence-corrected chi connectivity index (χ2v) is 2.46. The smallest absolute Gasteiger partial charge is 0.161 e. The van der Waals surface area contributed by atoms with Gasteiger partial charge in [-0.05, 0) is 19.1 Å². The average Bonchev–Trinajstić information content (AvgIpc) is 2.48. The van der Waals surface area contributed by atoms with Crippen molar-refractivity contribution in [2.75, 3.05) is 0 Å². The van der Waals surface area contributed by atoms with Gasteiger partial charge in [0, 0.05) is 0 Å². The monoisotopic (exact) mass is 158 g/mol. The minimum atomic E-state index is 0.565. The number of pyridine rings is 1. The first-order chi connectivity index (χ1) is 5.83. The lowest BCUT2D eigenvalue weighted by molar-refractivity contribution is 0.996. The van der Waals surface area contributed by atoms with E-state index in [0.29, 0.717) is 11.3 Å². The Labute approximate surface area is 69.1 Å². The van der Waals surface area contributed by atoms with Crippen molar-refractivity contribution < 1.29 is 0 Å². The number of nitrogens with zero attached hydrogens (tertiary/aromatic N) is 4. The van der Waals surface area contributed by atoms with Gasteiger partial charge in [0.2, 0.25) is 0 Å². The van der Waals surface area contributed by atoms with E-state index in [-0.39, 0.29) is 0 Å². The molecule has 0 aliphatic heterocycles. The summed E-state index contributed by atoms with van der Waals surface area (Å²) in [4.78, 5) is 0. The lowest BCUT2D eigenvalue weighted by Crippen LogP contribution is -1.93. The number of aromatic nitrogens is 3. The van der Waals surface area contributed by atoms with Crippen molar-refractivity contribution in [3.05, 3.63) is 29.7 Å². The standard InChI is InChI=1S/C8H6N4/c1-6-10-11-8-4-2-3-7(5-9)12(6)8/h2-4H,1H3. The van der Waals surface area contributed by atoms with Crippen LogP contribution >= 0.6 is 0 Å². The number of nitriles is 1. The summed E-state index contributed by atoms with van der Waals surface area (Å²) in [7, 11) is 0. The van der Waals surface area contributed by atoms with Crippen LogP contribution in [0.2, 0.25) is 0 Å². The van der Waals surface area contributed by atoms with Gasteiger partial charge in [-0.1, -0.05) is 6.07 Å². The highest BCUT2D eigenvalue weighted by molar-refractivity contribution is 5.42. The second-order valence-electron chi connectivity index (χ2n) is 2.46. The summed E-state index contributed by atoms with van der Waals surface area (Å²) in [5.74, 6) is 0.738. The number of rotatable bonds is 0. The number of hydrogen-bond acceptors (Lipinski definition) is 3. The minimum absolute atomic E-state index is 0.565. The van der Waals surface area contributed by atoms with Crippen LogP contribution in [0.5, 0.6) is 0 Å². The van der Waals surface area contributed by atoms with Gasteiger partial charge >= 0.3 is 0 Å². The molecular formula is C8H6N4. The first kappa shape index (κ1) is 6.80. The van der Waals surface area contributed by atoms with E-state index >= 15 is 0 Å². The molecule has 0 saturated carbocycles. The van der Waals surface area contributed by atoms with E-state index in [1.807, 2.05) is 13.0 Å². The molecule has 0 aliphatic carbocycles. The van der Waals surface area contributed by atoms with Crippen molar-refractivity contribution in [2.45, 2.75) is 6.92 Å². The Morgan fingerprint density at radius 1 is 1.42 bits per heavy atom. The van der Waals surface area contributed by atoms with Gasteiger partial charge in [-0.2, -0.15) is 5.26 Å². The summed E-state index contributed by atoms with van der Waals surface area (Å²) in [6, 6.07) is 7.43. The Morgan fingerprint density at radius 3 is 3.00 bits per heavy atom. The molecule has 2 rings (SSSR count). The Morgan fingerprint density at radius 2 is 2.25 bits per heavy atom. The molecule has 0 unspecified atom stereocenters. The first-order valence-electron chi connectivity index (χ1n) is 3.54. The van der Waals surface area contributed by atoms with Crippen LogP contribution in [0.1, 0.15) is 11.5 Å². The summed E-state index contributed by atoms with van der Waals surface area (Å²) in [6.45, 7) is 1.82. The third-order valence-corrected chi connectivity index (χ3v) is 1.70. The lowest BCUT2D eigenvalue weighted by atomic mass is 10.3. The molecule has 2 heterocycles. The van der Waals surface area contributed by atoms with E-state index in [4.69, 9.17) is 5.26 Å². The maximum atomic E-state index is 8.75. The van der Waals surface area contributed by atoms with Gasteiger partial charge in [0.1, 0.15) is 17.6 Å². The average molecular weight is 158 g/mol. The highest BCUT2D eigenvalue weighted by Gasteiger charge is 2.03. The second kappa shape index (κ2) is 2.31. The fourth-order valence-corrected chi connectivity index (χ4v) is 1.17. The summed E-state index contributed by atoms with van der Waals surface area (Å²) in [6.07, 6.45) is 0. The number of hydrogen-bond donors (Lipinski definition) is 0. The Hall–Kier alpha value is -1.89. The number of fused-ring (bicyclic) bond motifs is 1. The minimum Gasteiger partial charge on any atom is -0.270 e. The van der Waals surface area contributed by atoms with Crippen LogP contribution in [-0.4, -0.2) is 14.6 Å². The van der Waals surface area contributed by atoms with Gasteiger partial charge in [-0.25, -0.2) is 0 Å². The lowest BCUT2D eigenvalue weighted by Gasteiger charge is -1.95. The maximum Gasteiger partial charge on any atom is 0.161 e. The molecule has 0 amide bonds. The van der Waals surface area contributed by atoms with Crippen molar-refractivity contribution in [3.63, 3.8) is 0 Å². The van der Waals surface area contributed by atoms with Crippen molar-refractivity contribution in [1.82, 2.24) is 14.6 Å². The summed E-state index contributed by atoms with van der Waals surface area (Å²) in [5.41, 5.74) is 1.28. The molecule has 0 bridgehead atoms. The molecule has 2 aromatic heterocycles. The predicted molar refractivity (Wildman–Crippen MR) is 42.4 cm³/mol. The molecule has 0 saturated heterocycles. The maximum absolute atomic E-state index is 8.75. The quantitative estimate of drug-likeness (QED) is 0.572. The van der Waals surface area contributed by atoms with Crippen LogP contribution in [-0.2, 0) is 0 Å². The Balaban J connectivity index is 2.96. The molecule has 0 aromatic carbocycles. The summed E-state index contributed by atoms with van der Waals surface area (Å²) in [5, 5.41) is 16.5. The molecule has 0 N–H and O–H groups in total. The van der Waals surface area contributed by atoms with Crippen molar-refractivity contribution >= 4 is 5.65 Å². The van der Waals surface area contributed by atoms with E-state index in [9.17, 15) is 0 Å².